The average Bonchev–Trinajstić information content (AvgIpc) is 2.33. The van der Waals surface area contributed by atoms with Gasteiger partial charge in [-0.05, 0) is 6.07 Å². The third kappa shape index (κ3) is 1.92. The molecule has 0 amide bonds. The van der Waals surface area contributed by atoms with Crippen LogP contribution >= 0.6 is 0 Å². The molecule has 0 spiro atoms. The Hall–Kier alpha value is -2.37. The van der Waals surface area contributed by atoms with Crippen LogP contribution in [-0.2, 0) is 0 Å². The second kappa shape index (κ2) is 4.48. The van der Waals surface area contributed by atoms with Crippen molar-refractivity contribution in [3.63, 3.8) is 0 Å². The van der Waals surface area contributed by atoms with E-state index in [1.54, 1.807) is 0 Å². The van der Waals surface area contributed by atoms with Crippen molar-refractivity contribution in [1.29, 1.82) is 0 Å². The molecule has 0 aliphatic carbocycles. The fourth-order valence-corrected chi connectivity index (χ4v) is 1.58. The summed E-state index contributed by atoms with van der Waals surface area (Å²) in [6, 6.07) is 6.55. The zero-order valence-corrected chi connectivity index (χ0v) is 8.86. The van der Waals surface area contributed by atoms with Crippen molar-refractivity contribution in [2.24, 2.45) is 0 Å². The first kappa shape index (κ1) is 12.1. The number of nitro groups is 1. The lowest BCUT2D eigenvalue weighted by atomic mass is 10.0. The Labute approximate surface area is 99.6 Å². The molecular formula is C12H6F3NO2. The molecule has 3 nitrogen and oxygen atoms in total. The van der Waals surface area contributed by atoms with E-state index in [0.717, 1.165) is 24.3 Å². The summed E-state index contributed by atoms with van der Waals surface area (Å²) in [6.07, 6.45) is 0. The van der Waals surface area contributed by atoms with Crippen molar-refractivity contribution in [3.8, 4) is 11.1 Å². The van der Waals surface area contributed by atoms with Gasteiger partial charge in [-0.2, -0.15) is 4.39 Å². The van der Waals surface area contributed by atoms with Crippen LogP contribution in [0.4, 0.5) is 18.9 Å². The smallest absolute Gasteiger partial charge is 0.258 e. The van der Waals surface area contributed by atoms with E-state index >= 15 is 0 Å². The second-order valence-electron chi connectivity index (χ2n) is 3.50. The highest BCUT2D eigenvalue weighted by molar-refractivity contribution is 5.67. The van der Waals surface area contributed by atoms with Crippen molar-refractivity contribution in [2.45, 2.75) is 0 Å². The van der Waals surface area contributed by atoms with Crippen molar-refractivity contribution < 1.29 is 18.1 Å². The minimum absolute atomic E-state index is 0.346. The Balaban J connectivity index is 2.69. The van der Waals surface area contributed by atoms with E-state index in [9.17, 15) is 23.3 Å². The van der Waals surface area contributed by atoms with Gasteiger partial charge in [-0.3, -0.25) is 10.1 Å². The third-order valence-corrected chi connectivity index (χ3v) is 2.42. The molecule has 0 aliphatic heterocycles. The molecule has 2 rings (SSSR count). The molecule has 0 aliphatic rings. The van der Waals surface area contributed by atoms with Gasteiger partial charge in [-0.25, -0.2) is 8.78 Å². The molecule has 0 fully saturated rings. The molecule has 6 heteroatoms. The van der Waals surface area contributed by atoms with E-state index in [2.05, 4.69) is 0 Å². The van der Waals surface area contributed by atoms with Crippen molar-refractivity contribution in [1.82, 2.24) is 0 Å². The van der Waals surface area contributed by atoms with E-state index in [1.165, 1.54) is 12.1 Å². The van der Waals surface area contributed by atoms with Gasteiger partial charge in [0.1, 0.15) is 0 Å². The van der Waals surface area contributed by atoms with Crippen molar-refractivity contribution in [2.75, 3.05) is 0 Å². The van der Waals surface area contributed by atoms with E-state index < -0.39 is 28.1 Å². The number of nitrogens with zero attached hydrogens (tertiary/aromatic N) is 1. The Bertz CT molecular complexity index is 629. The van der Waals surface area contributed by atoms with Gasteiger partial charge < -0.3 is 0 Å². The lowest BCUT2D eigenvalue weighted by Gasteiger charge is -2.05. The number of hydrogen-bond acceptors (Lipinski definition) is 2. The number of benzene rings is 2. The molecule has 0 atom stereocenters. The highest BCUT2D eigenvalue weighted by Gasteiger charge is 2.21. The molecular weight excluding hydrogens is 247 g/mol. The molecule has 2 aromatic rings. The van der Waals surface area contributed by atoms with Gasteiger partial charge in [0.15, 0.2) is 11.6 Å². The zero-order chi connectivity index (χ0) is 13.3. The van der Waals surface area contributed by atoms with Gasteiger partial charge in [-0.15, -0.1) is 0 Å². The predicted octanol–water partition coefficient (Wildman–Crippen LogP) is 3.68. The number of nitro benzene ring substituents is 1. The fraction of sp³-hybridized carbons (Fsp3) is 0. The molecule has 0 radical (unpaired) electrons. The molecule has 0 saturated carbocycles. The molecule has 0 heterocycles. The SMILES string of the molecule is O=[N+]([O-])c1cccc(-c2cccc(F)c2F)c1F. The Morgan fingerprint density at radius 2 is 1.44 bits per heavy atom. The van der Waals surface area contributed by atoms with Gasteiger partial charge in [-0.1, -0.05) is 24.3 Å². The summed E-state index contributed by atoms with van der Waals surface area (Å²) in [6.45, 7) is 0. The standard InChI is InChI=1S/C12H6F3NO2/c13-9-5-1-3-7(11(9)14)8-4-2-6-10(12(8)15)16(17)18/h1-6H. The first-order valence-corrected chi connectivity index (χ1v) is 4.89. The summed E-state index contributed by atoms with van der Waals surface area (Å²) in [7, 11) is 0. The van der Waals surface area contributed by atoms with Crippen molar-refractivity contribution in [3.05, 3.63) is 64.0 Å². The molecule has 0 saturated heterocycles. The largest absolute Gasteiger partial charge is 0.305 e. The maximum absolute atomic E-state index is 13.8. The van der Waals surface area contributed by atoms with E-state index in [0.29, 0.717) is 0 Å². The van der Waals surface area contributed by atoms with Crippen LogP contribution in [0.3, 0.4) is 0 Å². The second-order valence-corrected chi connectivity index (χ2v) is 3.50. The minimum Gasteiger partial charge on any atom is -0.258 e. The highest BCUT2D eigenvalue weighted by atomic mass is 19.2. The maximum Gasteiger partial charge on any atom is 0.305 e. The van der Waals surface area contributed by atoms with Crippen LogP contribution in [0.15, 0.2) is 36.4 Å². The molecule has 18 heavy (non-hydrogen) atoms. The summed E-state index contributed by atoms with van der Waals surface area (Å²) in [5, 5.41) is 10.6. The monoisotopic (exact) mass is 253 g/mol. The lowest BCUT2D eigenvalue weighted by molar-refractivity contribution is -0.387. The average molecular weight is 253 g/mol. The molecule has 92 valence electrons. The molecule has 0 aromatic heterocycles. The van der Waals surface area contributed by atoms with Crippen LogP contribution in [0.1, 0.15) is 0 Å². The van der Waals surface area contributed by atoms with E-state index in [-0.39, 0.29) is 11.1 Å². The fourth-order valence-electron chi connectivity index (χ4n) is 1.58. The third-order valence-electron chi connectivity index (χ3n) is 2.42. The predicted molar refractivity (Wildman–Crippen MR) is 58.4 cm³/mol. The molecule has 0 bridgehead atoms. The first-order valence-electron chi connectivity index (χ1n) is 4.89. The summed E-state index contributed by atoms with van der Waals surface area (Å²) >= 11 is 0. The van der Waals surface area contributed by atoms with Gasteiger partial charge >= 0.3 is 5.69 Å². The van der Waals surface area contributed by atoms with Gasteiger partial charge in [0, 0.05) is 17.2 Å². The maximum atomic E-state index is 13.8. The molecule has 0 unspecified atom stereocenters. The summed E-state index contributed by atoms with van der Waals surface area (Å²) in [5.74, 6) is -3.57. The number of halogens is 3. The normalized spacial score (nSPS) is 10.4. The lowest BCUT2D eigenvalue weighted by Crippen LogP contribution is -1.97. The van der Waals surface area contributed by atoms with E-state index in [4.69, 9.17) is 0 Å². The van der Waals surface area contributed by atoms with Crippen molar-refractivity contribution >= 4 is 5.69 Å². The summed E-state index contributed by atoms with van der Waals surface area (Å²) < 4.78 is 40.3. The van der Waals surface area contributed by atoms with Crippen LogP contribution in [0.5, 0.6) is 0 Å². The highest BCUT2D eigenvalue weighted by Crippen LogP contribution is 2.31. The quantitative estimate of drug-likeness (QED) is 0.605. The van der Waals surface area contributed by atoms with Crippen LogP contribution in [0.25, 0.3) is 11.1 Å². The first-order chi connectivity index (χ1) is 8.52. The van der Waals surface area contributed by atoms with Crippen LogP contribution < -0.4 is 0 Å². The van der Waals surface area contributed by atoms with Gasteiger partial charge in [0.25, 0.3) is 0 Å². The van der Waals surface area contributed by atoms with E-state index in [1.807, 2.05) is 0 Å². The molecule has 2 aromatic carbocycles. The minimum atomic E-state index is -1.24. The number of hydrogen-bond donors (Lipinski definition) is 0. The van der Waals surface area contributed by atoms with Crippen LogP contribution in [-0.4, -0.2) is 4.92 Å². The Kier molecular flexibility index (Phi) is 3.01. The number of rotatable bonds is 2. The molecule has 0 N–H and O–H groups in total. The van der Waals surface area contributed by atoms with Crippen LogP contribution in [0, 0.1) is 27.6 Å². The Morgan fingerprint density at radius 3 is 2.06 bits per heavy atom. The van der Waals surface area contributed by atoms with Gasteiger partial charge in [0.05, 0.1) is 4.92 Å². The summed E-state index contributed by atoms with van der Waals surface area (Å²) in [4.78, 5) is 9.63. The zero-order valence-electron chi connectivity index (χ0n) is 8.86. The topological polar surface area (TPSA) is 43.1 Å². The summed E-state index contributed by atoms with van der Waals surface area (Å²) in [5.41, 5.74) is -1.48. The Morgan fingerprint density at radius 1 is 0.889 bits per heavy atom. The van der Waals surface area contributed by atoms with Gasteiger partial charge in [0.2, 0.25) is 5.82 Å². The van der Waals surface area contributed by atoms with Crippen LogP contribution in [0.2, 0.25) is 0 Å².